The highest BCUT2D eigenvalue weighted by atomic mass is 16.7. The zero-order valence-electron chi connectivity index (χ0n) is 15.8. The van der Waals surface area contributed by atoms with Gasteiger partial charge in [0.15, 0.2) is 6.29 Å². The summed E-state index contributed by atoms with van der Waals surface area (Å²) in [6.45, 7) is 5.91. The van der Waals surface area contributed by atoms with Crippen molar-refractivity contribution in [2.45, 2.75) is 95.6 Å². The van der Waals surface area contributed by atoms with E-state index in [1.165, 1.54) is 6.42 Å². The smallest absolute Gasteiger partial charge is 0.323 e. The van der Waals surface area contributed by atoms with Crippen LogP contribution >= 0.6 is 0 Å². The van der Waals surface area contributed by atoms with E-state index in [0.717, 1.165) is 58.2 Å². The van der Waals surface area contributed by atoms with E-state index in [-0.39, 0.29) is 12.3 Å². The molecular weight excluding hydrogens is 322 g/mol. The molecule has 6 heteroatoms. The molecule has 0 amide bonds. The van der Waals surface area contributed by atoms with Gasteiger partial charge in [0.25, 0.3) is 0 Å². The molecule has 2 atom stereocenters. The highest BCUT2D eigenvalue weighted by Gasteiger charge is 2.34. The van der Waals surface area contributed by atoms with Gasteiger partial charge in [-0.05, 0) is 64.7 Å². The summed E-state index contributed by atoms with van der Waals surface area (Å²) in [5, 5.41) is 12.7. The lowest BCUT2D eigenvalue weighted by atomic mass is 9.89. The first-order valence-corrected chi connectivity index (χ1v) is 9.89. The summed E-state index contributed by atoms with van der Waals surface area (Å²) in [5.74, 6) is -0.768. The van der Waals surface area contributed by atoms with Gasteiger partial charge >= 0.3 is 5.97 Å². The summed E-state index contributed by atoms with van der Waals surface area (Å²) in [7, 11) is 0. The van der Waals surface area contributed by atoms with Gasteiger partial charge in [-0.25, -0.2) is 0 Å². The summed E-state index contributed by atoms with van der Waals surface area (Å²) in [6, 6.07) is 0.271. The van der Waals surface area contributed by atoms with Crippen LogP contribution in [0, 0.1) is 0 Å². The van der Waals surface area contributed by atoms with Crippen molar-refractivity contribution in [3.8, 4) is 0 Å². The Hall–Kier alpha value is -0.690. The highest BCUT2D eigenvalue weighted by Crippen LogP contribution is 2.24. The van der Waals surface area contributed by atoms with E-state index >= 15 is 0 Å². The van der Waals surface area contributed by atoms with Crippen LogP contribution in [0.15, 0.2) is 0 Å². The first-order chi connectivity index (χ1) is 12.0. The lowest BCUT2D eigenvalue weighted by molar-refractivity contribution is -0.164. The minimum absolute atomic E-state index is 0.0163. The maximum absolute atomic E-state index is 11.4. The van der Waals surface area contributed by atoms with Crippen molar-refractivity contribution in [1.82, 2.24) is 5.32 Å². The number of nitrogens with one attached hydrogen (secondary N) is 1. The first kappa shape index (κ1) is 20.6. The Morgan fingerprint density at radius 2 is 1.88 bits per heavy atom. The fraction of sp³-hybridized carbons (Fsp3) is 0.947. The van der Waals surface area contributed by atoms with Gasteiger partial charge in [0.05, 0.1) is 12.7 Å². The van der Waals surface area contributed by atoms with Crippen molar-refractivity contribution in [2.75, 3.05) is 19.8 Å². The lowest BCUT2D eigenvalue weighted by Gasteiger charge is -2.35. The molecule has 0 aromatic rings. The zero-order chi connectivity index (χ0) is 18.1. The SMILES string of the molecule is CCC(C)(NC1CCC(OCCCOC2CCCCO2)CC1)C(=O)O. The normalized spacial score (nSPS) is 29.9. The van der Waals surface area contributed by atoms with Crippen LogP contribution in [0.25, 0.3) is 0 Å². The molecule has 146 valence electrons. The second-order valence-corrected chi connectivity index (χ2v) is 7.50. The largest absolute Gasteiger partial charge is 0.480 e. The van der Waals surface area contributed by atoms with Crippen molar-refractivity contribution in [3.63, 3.8) is 0 Å². The molecule has 0 aromatic carbocycles. The molecule has 2 rings (SSSR count). The van der Waals surface area contributed by atoms with E-state index < -0.39 is 11.5 Å². The number of rotatable bonds is 10. The van der Waals surface area contributed by atoms with Gasteiger partial charge in [-0.2, -0.15) is 0 Å². The van der Waals surface area contributed by atoms with Gasteiger partial charge in [0.1, 0.15) is 5.54 Å². The number of aliphatic carboxylic acids is 1. The molecule has 0 radical (unpaired) electrons. The number of ether oxygens (including phenoxy) is 3. The molecule has 0 spiro atoms. The highest BCUT2D eigenvalue weighted by molar-refractivity contribution is 5.78. The monoisotopic (exact) mass is 357 g/mol. The summed E-state index contributed by atoms with van der Waals surface area (Å²) < 4.78 is 17.2. The van der Waals surface area contributed by atoms with Crippen molar-refractivity contribution in [1.29, 1.82) is 0 Å². The maximum Gasteiger partial charge on any atom is 0.323 e. The Balaban J connectivity index is 1.54. The van der Waals surface area contributed by atoms with Crippen LogP contribution in [0.5, 0.6) is 0 Å². The lowest BCUT2D eigenvalue weighted by Crippen LogP contribution is -2.54. The average molecular weight is 357 g/mol. The van der Waals surface area contributed by atoms with Crippen molar-refractivity contribution >= 4 is 5.97 Å². The molecule has 6 nitrogen and oxygen atoms in total. The van der Waals surface area contributed by atoms with E-state index in [2.05, 4.69) is 5.32 Å². The Morgan fingerprint density at radius 3 is 2.48 bits per heavy atom. The van der Waals surface area contributed by atoms with Gasteiger partial charge in [-0.15, -0.1) is 0 Å². The van der Waals surface area contributed by atoms with Gasteiger partial charge < -0.3 is 19.3 Å². The maximum atomic E-state index is 11.4. The summed E-state index contributed by atoms with van der Waals surface area (Å²) >= 11 is 0. The van der Waals surface area contributed by atoms with E-state index in [0.29, 0.717) is 19.1 Å². The molecule has 1 saturated carbocycles. The van der Waals surface area contributed by atoms with Crippen LogP contribution in [0.2, 0.25) is 0 Å². The van der Waals surface area contributed by atoms with E-state index in [9.17, 15) is 9.90 Å². The standard InChI is InChI=1S/C19H35NO5/c1-3-19(2,18(21)22)20-15-8-10-16(11-9-15)23-13-6-14-25-17-7-4-5-12-24-17/h15-17,20H,3-14H2,1-2H3,(H,21,22). The van der Waals surface area contributed by atoms with Gasteiger partial charge in [0, 0.05) is 19.3 Å². The Labute approximate surface area is 151 Å². The number of carboxylic acids is 1. The summed E-state index contributed by atoms with van der Waals surface area (Å²) in [6.07, 6.45) is 9.02. The number of carbonyl (C=O) groups is 1. The molecule has 2 aliphatic rings. The molecule has 0 aromatic heterocycles. The topological polar surface area (TPSA) is 77.0 Å². The molecule has 1 heterocycles. The van der Waals surface area contributed by atoms with Gasteiger partial charge in [-0.1, -0.05) is 6.92 Å². The third-order valence-corrected chi connectivity index (χ3v) is 5.46. The van der Waals surface area contributed by atoms with E-state index in [1.54, 1.807) is 6.92 Å². The fourth-order valence-corrected chi connectivity index (χ4v) is 3.51. The Bertz CT molecular complexity index is 391. The molecule has 1 aliphatic carbocycles. The van der Waals surface area contributed by atoms with Crippen LogP contribution in [0.3, 0.4) is 0 Å². The third-order valence-electron chi connectivity index (χ3n) is 5.46. The first-order valence-electron chi connectivity index (χ1n) is 9.89. The van der Waals surface area contributed by atoms with Crippen LogP contribution < -0.4 is 5.32 Å². The Morgan fingerprint density at radius 1 is 1.16 bits per heavy atom. The van der Waals surface area contributed by atoms with E-state index in [1.807, 2.05) is 6.92 Å². The minimum Gasteiger partial charge on any atom is -0.480 e. The van der Waals surface area contributed by atoms with Crippen LogP contribution in [-0.2, 0) is 19.0 Å². The molecule has 1 saturated heterocycles. The zero-order valence-corrected chi connectivity index (χ0v) is 15.8. The second-order valence-electron chi connectivity index (χ2n) is 7.50. The number of hydrogen-bond acceptors (Lipinski definition) is 5. The second kappa shape index (κ2) is 10.5. The molecule has 2 N–H and O–H groups in total. The van der Waals surface area contributed by atoms with Crippen LogP contribution in [-0.4, -0.2) is 54.9 Å². The van der Waals surface area contributed by atoms with Crippen molar-refractivity contribution < 1.29 is 24.1 Å². The van der Waals surface area contributed by atoms with Crippen LogP contribution in [0.4, 0.5) is 0 Å². The molecular formula is C19H35NO5. The molecule has 0 bridgehead atoms. The summed E-state index contributed by atoms with van der Waals surface area (Å²) in [4.78, 5) is 11.4. The van der Waals surface area contributed by atoms with Crippen molar-refractivity contribution in [3.05, 3.63) is 0 Å². The average Bonchev–Trinajstić information content (AvgIpc) is 2.63. The fourth-order valence-electron chi connectivity index (χ4n) is 3.51. The molecule has 25 heavy (non-hydrogen) atoms. The minimum atomic E-state index is -0.823. The van der Waals surface area contributed by atoms with Crippen LogP contribution in [0.1, 0.15) is 71.6 Å². The summed E-state index contributed by atoms with van der Waals surface area (Å²) in [5.41, 5.74) is -0.823. The van der Waals surface area contributed by atoms with Crippen molar-refractivity contribution in [2.24, 2.45) is 0 Å². The van der Waals surface area contributed by atoms with Gasteiger partial charge in [0.2, 0.25) is 0 Å². The number of carboxylic acid groups (broad SMARTS) is 1. The Kier molecular flexibility index (Phi) is 8.62. The third kappa shape index (κ3) is 6.85. The predicted octanol–water partition coefficient (Wildman–Crippen LogP) is 3.09. The molecule has 2 fully saturated rings. The van der Waals surface area contributed by atoms with Gasteiger partial charge in [-0.3, -0.25) is 10.1 Å². The molecule has 2 unspecified atom stereocenters. The van der Waals surface area contributed by atoms with E-state index in [4.69, 9.17) is 14.2 Å². The quantitative estimate of drug-likeness (QED) is 0.585. The molecule has 1 aliphatic heterocycles. The number of hydrogen-bond donors (Lipinski definition) is 2. The predicted molar refractivity (Wildman–Crippen MR) is 95.6 cm³/mol.